The maximum absolute atomic E-state index is 12.7. The lowest BCUT2D eigenvalue weighted by atomic mass is 10.0. The number of hydrogen-bond donors (Lipinski definition) is 0. The van der Waals surface area contributed by atoms with Crippen LogP contribution in [0.2, 0.25) is 0 Å². The highest BCUT2D eigenvalue weighted by Gasteiger charge is 2.32. The summed E-state index contributed by atoms with van der Waals surface area (Å²) < 4.78 is 5.45. The summed E-state index contributed by atoms with van der Waals surface area (Å²) in [5, 5.41) is 0. The topological polar surface area (TPSA) is 29.5 Å². The quantitative estimate of drug-likeness (QED) is 0.859. The Bertz CT molecular complexity index is 624. The van der Waals surface area contributed by atoms with Gasteiger partial charge in [-0.15, -0.1) is 0 Å². The van der Waals surface area contributed by atoms with E-state index in [0.29, 0.717) is 0 Å². The van der Waals surface area contributed by atoms with E-state index in [1.807, 2.05) is 53.4 Å². The largest absolute Gasteiger partial charge is 0.496 e. The number of hydrogen-bond acceptors (Lipinski definition) is 2. The molecule has 0 aliphatic carbocycles. The Labute approximate surface area is 125 Å². The monoisotopic (exact) mass is 281 g/mol. The van der Waals surface area contributed by atoms with E-state index >= 15 is 0 Å². The van der Waals surface area contributed by atoms with Crippen molar-refractivity contribution in [1.82, 2.24) is 4.90 Å². The minimum absolute atomic E-state index is 0.101. The zero-order chi connectivity index (χ0) is 14.7. The lowest BCUT2D eigenvalue weighted by Gasteiger charge is -2.26. The normalized spacial score (nSPS) is 17.8. The smallest absolute Gasteiger partial charge is 0.254 e. The standard InChI is InChI=1S/C18H19NO2/c1-21-17-12-6-5-10-15(17)16-11-7-13-19(16)18(20)14-8-3-2-4-9-14/h2-6,8-10,12,16H,7,11,13H2,1H3/t16-/m1/s1. The van der Waals surface area contributed by atoms with Crippen molar-refractivity contribution in [2.75, 3.05) is 13.7 Å². The maximum atomic E-state index is 12.7. The number of para-hydroxylation sites is 1. The van der Waals surface area contributed by atoms with Crippen molar-refractivity contribution in [3.63, 3.8) is 0 Å². The zero-order valence-electron chi connectivity index (χ0n) is 12.2. The summed E-state index contributed by atoms with van der Waals surface area (Å²) in [7, 11) is 1.68. The van der Waals surface area contributed by atoms with Crippen LogP contribution in [0.4, 0.5) is 0 Å². The predicted octanol–water partition coefficient (Wildman–Crippen LogP) is 3.67. The predicted molar refractivity (Wildman–Crippen MR) is 82.4 cm³/mol. The number of carbonyl (C=O) groups is 1. The molecule has 1 amide bonds. The number of ether oxygens (including phenoxy) is 1. The fourth-order valence-electron chi connectivity index (χ4n) is 3.02. The first-order valence-electron chi connectivity index (χ1n) is 7.30. The molecule has 0 aromatic heterocycles. The molecule has 2 aromatic rings. The Morgan fingerprint density at radius 2 is 1.81 bits per heavy atom. The summed E-state index contributed by atoms with van der Waals surface area (Å²) in [6, 6.07) is 17.6. The Morgan fingerprint density at radius 3 is 2.57 bits per heavy atom. The van der Waals surface area contributed by atoms with Gasteiger partial charge >= 0.3 is 0 Å². The van der Waals surface area contributed by atoms with Crippen molar-refractivity contribution in [3.8, 4) is 5.75 Å². The number of amides is 1. The molecule has 0 N–H and O–H groups in total. The van der Waals surface area contributed by atoms with Crippen LogP contribution in [0.25, 0.3) is 0 Å². The molecule has 0 saturated carbocycles. The second-order valence-electron chi connectivity index (χ2n) is 5.26. The lowest BCUT2D eigenvalue weighted by molar-refractivity contribution is 0.0734. The SMILES string of the molecule is COc1ccccc1[C@H]1CCCN1C(=O)c1ccccc1. The highest BCUT2D eigenvalue weighted by molar-refractivity contribution is 5.94. The van der Waals surface area contributed by atoms with E-state index in [1.165, 1.54) is 0 Å². The van der Waals surface area contributed by atoms with Gasteiger partial charge in [-0.2, -0.15) is 0 Å². The molecular weight excluding hydrogens is 262 g/mol. The van der Waals surface area contributed by atoms with E-state index in [-0.39, 0.29) is 11.9 Å². The molecule has 1 fully saturated rings. The molecule has 1 heterocycles. The van der Waals surface area contributed by atoms with E-state index in [0.717, 1.165) is 36.3 Å². The van der Waals surface area contributed by atoms with Gasteiger partial charge in [-0.05, 0) is 31.0 Å². The van der Waals surface area contributed by atoms with Crippen molar-refractivity contribution in [2.24, 2.45) is 0 Å². The van der Waals surface area contributed by atoms with Crippen molar-refractivity contribution in [2.45, 2.75) is 18.9 Å². The van der Waals surface area contributed by atoms with Gasteiger partial charge in [-0.3, -0.25) is 4.79 Å². The van der Waals surface area contributed by atoms with Crippen LogP contribution in [0.5, 0.6) is 5.75 Å². The van der Waals surface area contributed by atoms with Gasteiger partial charge in [0.1, 0.15) is 5.75 Å². The van der Waals surface area contributed by atoms with Gasteiger partial charge < -0.3 is 9.64 Å². The second kappa shape index (κ2) is 6.00. The molecular formula is C18H19NO2. The van der Waals surface area contributed by atoms with Crippen LogP contribution in [0.15, 0.2) is 54.6 Å². The average molecular weight is 281 g/mol. The average Bonchev–Trinajstić information content (AvgIpc) is 3.04. The molecule has 1 saturated heterocycles. The molecule has 0 spiro atoms. The Hall–Kier alpha value is -2.29. The number of benzene rings is 2. The van der Waals surface area contributed by atoms with Gasteiger partial charge in [0.2, 0.25) is 0 Å². The Morgan fingerprint density at radius 1 is 1.10 bits per heavy atom. The van der Waals surface area contributed by atoms with E-state index < -0.39 is 0 Å². The fraction of sp³-hybridized carbons (Fsp3) is 0.278. The number of carbonyl (C=O) groups excluding carboxylic acids is 1. The molecule has 3 heteroatoms. The third-order valence-electron chi connectivity index (χ3n) is 4.03. The molecule has 108 valence electrons. The van der Waals surface area contributed by atoms with Gasteiger partial charge in [0, 0.05) is 17.7 Å². The molecule has 3 nitrogen and oxygen atoms in total. The molecule has 0 bridgehead atoms. The van der Waals surface area contributed by atoms with Gasteiger partial charge in [-0.25, -0.2) is 0 Å². The molecule has 1 aliphatic heterocycles. The van der Waals surface area contributed by atoms with E-state index in [2.05, 4.69) is 6.07 Å². The van der Waals surface area contributed by atoms with Crippen LogP contribution in [0, 0.1) is 0 Å². The van der Waals surface area contributed by atoms with Crippen LogP contribution in [0.3, 0.4) is 0 Å². The van der Waals surface area contributed by atoms with Gasteiger partial charge in [0.05, 0.1) is 13.2 Å². The molecule has 21 heavy (non-hydrogen) atoms. The molecule has 1 aliphatic rings. The minimum Gasteiger partial charge on any atom is -0.496 e. The van der Waals surface area contributed by atoms with Gasteiger partial charge in [0.15, 0.2) is 0 Å². The van der Waals surface area contributed by atoms with Crippen LogP contribution >= 0.6 is 0 Å². The Balaban J connectivity index is 1.91. The molecule has 0 unspecified atom stereocenters. The lowest BCUT2D eigenvalue weighted by Crippen LogP contribution is -2.30. The van der Waals surface area contributed by atoms with E-state index in [9.17, 15) is 4.79 Å². The maximum Gasteiger partial charge on any atom is 0.254 e. The molecule has 1 atom stereocenters. The first-order valence-corrected chi connectivity index (χ1v) is 7.30. The van der Waals surface area contributed by atoms with Crippen LogP contribution in [0.1, 0.15) is 34.8 Å². The van der Waals surface area contributed by atoms with Crippen LogP contribution in [-0.4, -0.2) is 24.5 Å². The number of likely N-dealkylation sites (tertiary alicyclic amines) is 1. The summed E-state index contributed by atoms with van der Waals surface area (Å²) in [5.74, 6) is 0.958. The molecule has 2 aromatic carbocycles. The third kappa shape index (κ3) is 2.64. The Kier molecular flexibility index (Phi) is 3.91. The summed E-state index contributed by atoms with van der Waals surface area (Å²) in [5.41, 5.74) is 1.85. The number of methoxy groups -OCH3 is 1. The van der Waals surface area contributed by atoms with Crippen molar-refractivity contribution < 1.29 is 9.53 Å². The van der Waals surface area contributed by atoms with Crippen LogP contribution in [-0.2, 0) is 0 Å². The van der Waals surface area contributed by atoms with E-state index in [4.69, 9.17) is 4.74 Å². The summed E-state index contributed by atoms with van der Waals surface area (Å²) in [6.45, 7) is 0.802. The molecule has 0 radical (unpaired) electrons. The zero-order valence-corrected chi connectivity index (χ0v) is 12.2. The number of rotatable bonds is 3. The van der Waals surface area contributed by atoms with Crippen LogP contribution < -0.4 is 4.74 Å². The fourth-order valence-corrected chi connectivity index (χ4v) is 3.02. The van der Waals surface area contributed by atoms with Crippen molar-refractivity contribution in [1.29, 1.82) is 0 Å². The van der Waals surface area contributed by atoms with Crippen molar-refractivity contribution in [3.05, 3.63) is 65.7 Å². The molecule has 3 rings (SSSR count). The summed E-state index contributed by atoms with van der Waals surface area (Å²) in [6.07, 6.45) is 2.01. The highest BCUT2D eigenvalue weighted by atomic mass is 16.5. The summed E-state index contributed by atoms with van der Waals surface area (Å²) in [4.78, 5) is 14.7. The third-order valence-corrected chi connectivity index (χ3v) is 4.03. The first kappa shape index (κ1) is 13.7. The van der Waals surface area contributed by atoms with Gasteiger partial charge in [0.25, 0.3) is 5.91 Å². The number of nitrogens with zero attached hydrogens (tertiary/aromatic N) is 1. The van der Waals surface area contributed by atoms with Crippen molar-refractivity contribution >= 4 is 5.91 Å². The summed E-state index contributed by atoms with van der Waals surface area (Å²) >= 11 is 0. The first-order chi connectivity index (χ1) is 10.3. The highest BCUT2D eigenvalue weighted by Crippen LogP contribution is 2.37. The minimum atomic E-state index is 0.101. The second-order valence-corrected chi connectivity index (χ2v) is 5.26. The van der Waals surface area contributed by atoms with Gasteiger partial charge in [-0.1, -0.05) is 36.4 Å². The van der Waals surface area contributed by atoms with E-state index in [1.54, 1.807) is 7.11 Å².